The number of thiophene rings is 1. The number of carbonyl (C=O) groups is 3. The minimum absolute atomic E-state index is 0.0297. The summed E-state index contributed by atoms with van der Waals surface area (Å²) in [4.78, 5) is 41.7. The molecule has 4 rings (SSSR count). The van der Waals surface area contributed by atoms with Gasteiger partial charge in [-0.05, 0) is 37.0 Å². The normalized spacial score (nSPS) is 18.4. The van der Waals surface area contributed by atoms with Crippen LogP contribution in [0.25, 0.3) is 0 Å². The Morgan fingerprint density at radius 1 is 1.22 bits per heavy atom. The van der Waals surface area contributed by atoms with Gasteiger partial charge in [-0.3, -0.25) is 19.8 Å². The Kier molecular flexibility index (Phi) is 10.4. The van der Waals surface area contributed by atoms with Gasteiger partial charge >= 0.3 is 0 Å². The molecule has 2 aliphatic heterocycles. The molecule has 1 aromatic carbocycles. The van der Waals surface area contributed by atoms with Crippen LogP contribution in [0.15, 0.2) is 41.8 Å². The van der Waals surface area contributed by atoms with Crippen molar-refractivity contribution in [2.45, 2.75) is 57.4 Å². The molecule has 2 aromatic rings. The number of amidine groups is 1. The second kappa shape index (κ2) is 13.9. The Hall–Kier alpha value is -3.48. The lowest BCUT2D eigenvalue weighted by Crippen LogP contribution is -2.49. The highest BCUT2D eigenvalue weighted by Gasteiger charge is 2.52. The number of rotatable bonds is 13. The van der Waals surface area contributed by atoms with Crippen molar-refractivity contribution in [2.75, 3.05) is 32.9 Å². The van der Waals surface area contributed by atoms with E-state index >= 15 is 0 Å². The highest BCUT2D eigenvalue weighted by molar-refractivity contribution is 7.10. The average Bonchev–Trinajstić information content (AvgIpc) is 3.70. The summed E-state index contributed by atoms with van der Waals surface area (Å²) in [7, 11) is 0. The van der Waals surface area contributed by atoms with E-state index in [0.29, 0.717) is 38.2 Å². The summed E-state index contributed by atoms with van der Waals surface area (Å²) in [6.45, 7) is 5.15. The van der Waals surface area contributed by atoms with E-state index in [0.717, 1.165) is 10.6 Å². The predicted octanol–water partition coefficient (Wildman–Crippen LogP) is 2.55. The first-order valence-electron chi connectivity index (χ1n) is 13.9. The van der Waals surface area contributed by atoms with E-state index in [2.05, 4.69) is 24.5 Å². The Balaban J connectivity index is 1.35. The molecular formula is C29H39N5O6S. The van der Waals surface area contributed by atoms with E-state index < -0.39 is 11.8 Å². The highest BCUT2D eigenvalue weighted by Crippen LogP contribution is 2.36. The fourth-order valence-electron chi connectivity index (χ4n) is 5.01. The number of likely N-dealkylation sites (tertiary alicyclic amines) is 1. The number of nitrogens with two attached hydrogens (primary N) is 1. The first-order valence-corrected chi connectivity index (χ1v) is 14.8. The first kappa shape index (κ1) is 30.5. The van der Waals surface area contributed by atoms with Gasteiger partial charge in [-0.25, -0.2) is 0 Å². The number of nitrogens with one attached hydrogen (secondary N) is 3. The summed E-state index contributed by atoms with van der Waals surface area (Å²) in [6, 6.07) is 10.0. The van der Waals surface area contributed by atoms with Crippen molar-refractivity contribution in [2.24, 2.45) is 11.7 Å². The van der Waals surface area contributed by atoms with Crippen LogP contribution in [0.2, 0.25) is 0 Å². The molecule has 0 aliphatic carbocycles. The highest BCUT2D eigenvalue weighted by atomic mass is 32.1. The van der Waals surface area contributed by atoms with Gasteiger partial charge in [0.05, 0.1) is 39.0 Å². The van der Waals surface area contributed by atoms with Gasteiger partial charge in [0.25, 0.3) is 0 Å². The number of nitrogens with zero attached hydrogens (tertiary/aromatic N) is 1. The summed E-state index contributed by atoms with van der Waals surface area (Å²) in [6.07, 6.45) is 1.58. The number of nitrogen functional groups attached to an aromatic ring is 1. The Labute approximate surface area is 244 Å². The third-order valence-electron chi connectivity index (χ3n) is 7.02. The Morgan fingerprint density at radius 2 is 1.95 bits per heavy atom. The van der Waals surface area contributed by atoms with Crippen LogP contribution < -0.4 is 21.1 Å². The number of para-hydroxylation sites is 1. The number of carbonyl (C=O) groups excluding carboxylic acids is 3. The molecule has 0 bridgehead atoms. The van der Waals surface area contributed by atoms with Gasteiger partial charge in [0.2, 0.25) is 17.7 Å². The van der Waals surface area contributed by atoms with Crippen molar-refractivity contribution in [3.05, 3.63) is 52.2 Å². The molecule has 3 amide bonds. The minimum Gasteiger partial charge on any atom is -0.494 e. The molecule has 3 heterocycles. The van der Waals surface area contributed by atoms with Crippen molar-refractivity contribution >= 4 is 34.9 Å². The monoisotopic (exact) mass is 585 g/mol. The van der Waals surface area contributed by atoms with Gasteiger partial charge in [0, 0.05) is 28.7 Å². The molecule has 41 heavy (non-hydrogen) atoms. The maximum atomic E-state index is 13.7. The number of amides is 3. The van der Waals surface area contributed by atoms with Crippen molar-refractivity contribution in [3.8, 4) is 5.75 Å². The zero-order valence-electron chi connectivity index (χ0n) is 23.5. The molecule has 2 saturated heterocycles. The molecule has 5 N–H and O–H groups in total. The smallest absolute Gasteiger partial charge is 0.243 e. The van der Waals surface area contributed by atoms with Crippen LogP contribution >= 0.6 is 11.3 Å². The third-order valence-corrected chi connectivity index (χ3v) is 8.07. The molecule has 1 spiro atoms. The molecule has 0 radical (unpaired) electrons. The molecule has 222 valence electrons. The van der Waals surface area contributed by atoms with E-state index in [-0.39, 0.29) is 61.4 Å². The fourth-order valence-corrected chi connectivity index (χ4v) is 5.98. The molecule has 2 atom stereocenters. The van der Waals surface area contributed by atoms with Crippen molar-refractivity contribution in [1.82, 2.24) is 15.5 Å². The molecular weight excluding hydrogens is 546 g/mol. The van der Waals surface area contributed by atoms with Crippen LogP contribution in [0.5, 0.6) is 5.75 Å². The van der Waals surface area contributed by atoms with Gasteiger partial charge in [0.15, 0.2) is 5.79 Å². The van der Waals surface area contributed by atoms with E-state index in [1.807, 2.05) is 36.4 Å². The van der Waals surface area contributed by atoms with Gasteiger partial charge in [0.1, 0.15) is 17.6 Å². The minimum atomic E-state index is -1.03. The van der Waals surface area contributed by atoms with Crippen LogP contribution in [0.3, 0.4) is 0 Å². The van der Waals surface area contributed by atoms with Crippen LogP contribution in [-0.4, -0.2) is 73.2 Å². The van der Waals surface area contributed by atoms with Gasteiger partial charge in [-0.2, -0.15) is 0 Å². The summed E-state index contributed by atoms with van der Waals surface area (Å²) in [5.74, 6) is -1.01. The van der Waals surface area contributed by atoms with Gasteiger partial charge in [-0.1, -0.05) is 32.0 Å². The second-order valence-electron chi connectivity index (χ2n) is 10.7. The first-order chi connectivity index (χ1) is 19.7. The largest absolute Gasteiger partial charge is 0.494 e. The summed E-state index contributed by atoms with van der Waals surface area (Å²) in [5, 5.41) is 15.3. The lowest BCUT2D eigenvalue weighted by molar-refractivity contribution is -0.152. The Morgan fingerprint density at radius 3 is 2.61 bits per heavy atom. The van der Waals surface area contributed by atoms with Crippen LogP contribution in [0, 0.1) is 11.3 Å². The van der Waals surface area contributed by atoms with Crippen LogP contribution in [0.4, 0.5) is 0 Å². The van der Waals surface area contributed by atoms with Crippen molar-refractivity contribution in [1.29, 1.82) is 5.41 Å². The fraction of sp³-hybridized carbons (Fsp3) is 0.517. The van der Waals surface area contributed by atoms with E-state index in [1.54, 1.807) is 5.38 Å². The van der Waals surface area contributed by atoms with E-state index in [4.69, 9.17) is 25.4 Å². The molecule has 12 heteroatoms. The van der Waals surface area contributed by atoms with Crippen molar-refractivity contribution < 1.29 is 28.6 Å². The number of ether oxygens (including phenoxy) is 3. The maximum absolute atomic E-state index is 13.7. The second-order valence-corrected chi connectivity index (χ2v) is 11.7. The molecule has 2 aliphatic rings. The number of benzene rings is 1. The number of hydrogen-bond donors (Lipinski definition) is 4. The van der Waals surface area contributed by atoms with E-state index in [1.165, 1.54) is 16.2 Å². The SMILES string of the molecule is CC(C)C[C@H](NC(=O)[C@@H]1CC2(CN1C(=O)CNC(=O)CCCOc1ccccc1)OCCO2)c1cc(C(=N)N)cs1. The topological polar surface area (TPSA) is 156 Å². The Bertz CT molecular complexity index is 1210. The van der Waals surface area contributed by atoms with Crippen LogP contribution in [0.1, 0.15) is 56.0 Å². The molecule has 11 nitrogen and oxygen atoms in total. The number of hydrogen-bond acceptors (Lipinski definition) is 8. The lowest BCUT2D eigenvalue weighted by atomic mass is 10.0. The predicted molar refractivity (Wildman–Crippen MR) is 155 cm³/mol. The zero-order valence-corrected chi connectivity index (χ0v) is 24.3. The molecule has 1 aromatic heterocycles. The summed E-state index contributed by atoms with van der Waals surface area (Å²) in [5.41, 5.74) is 6.26. The zero-order chi connectivity index (χ0) is 29.4. The molecule has 0 unspecified atom stereocenters. The lowest BCUT2D eigenvalue weighted by Gasteiger charge is -2.26. The third kappa shape index (κ3) is 8.27. The average molecular weight is 586 g/mol. The summed E-state index contributed by atoms with van der Waals surface area (Å²) < 4.78 is 17.3. The van der Waals surface area contributed by atoms with Gasteiger partial charge in [-0.15, -0.1) is 11.3 Å². The maximum Gasteiger partial charge on any atom is 0.243 e. The summed E-state index contributed by atoms with van der Waals surface area (Å²) >= 11 is 1.43. The van der Waals surface area contributed by atoms with Gasteiger partial charge < -0.3 is 35.5 Å². The quantitative estimate of drug-likeness (QED) is 0.160. The van der Waals surface area contributed by atoms with Crippen molar-refractivity contribution in [3.63, 3.8) is 0 Å². The van der Waals surface area contributed by atoms with Crippen LogP contribution in [-0.2, 0) is 23.9 Å². The molecule has 0 saturated carbocycles. The standard InChI is InChI=1S/C29H39N5O6S/c1-19(2)13-22(24-14-20(17-41-24)27(30)31)33-28(37)23-15-29(39-11-12-40-29)18-34(23)26(36)16-32-25(35)9-6-10-38-21-7-4-3-5-8-21/h3-5,7-8,14,17,19,22-23H,6,9-13,15-16,18H2,1-2H3,(H3,30,31)(H,32,35)(H,33,37)/t22-,23-/m0/s1. The molecule has 2 fully saturated rings. The van der Waals surface area contributed by atoms with E-state index in [9.17, 15) is 14.4 Å².